The molecule has 3 unspecified atom stereocenters. The van der Waals surface area contributed by atoms with E-state index in [4.69, 9.17) is 4.74 Å². The maximum atomic E-state index is 5.60. The number of rotatable bonds is 5. The number of hydrogen-bond donors (Lipinski definition) is 1. The highest BCUT2D eigenvalue weighted by atomic mass is 16.5. The lowest BCUT2D eigenvalue weighted by atomic mass is 9.79. The van der Waals surface area contributed by atoms with E-state index in [-0.39, 0.29) is 0 Å². The van der Waals surface area contributed by atoms with Crippen molar-refractivity contribution in [3.8, 4) is 5.75 Å². The molecule has 1 aromatic rings. The summed E-state index contributed by atoms with van der Waals surface area (Å²) in [6, 6.07) is 9.02. The van der Waals surface area contributed by atoms with Crippen LogP contribution in [0.1, 0.15) is 46.5 Å². The number of anilines is 1. The molecule has 0 amide bonds. The standard InChI is InChI=1S/C17H27NO/c1-4-11-19-17-9-7-15(8-10-17)18-16-6-5-13(2)14(3)12-16/h7-10,13-14,16,18H,4-6,11-12H2,1-3H3. The smallest absolute Gasteiger partial charge is 0.119 e. The molecule has 0 bridgehead atoms. The third kappa shape index (κ3) is 4.15. The van der Waals surface area contributed by atoms with Gasteiger partial charge >= 0.3 is 0 Å². The van der Waals surface area contributed by atoms with Crippen LogP contribution >= 0.6 is 0 Å². The average Bonchev–Trinajstić information content (AvgIpc) is 2.42. The monoisotopic (exact) mass is 261 g/mol. The minimum absolute atomic E-state index is 0.633. The van der Waals surface area contributed by atoms with Crippen molar-refractivity contribution in [3.63, 3.8) is 0 Å². The second kappa shape index (κ2) is 6.83. The summed E-state index contributed by atoms with van der Waals surface area (Å²) in [7, 11) is 0. The molecule has 1 saturated carbocycles. The molecule has 1 fully saturated rings. The van der Waals surface area contributed by atoms with Gasteiger partial charge in [-0.1, -0.05) is 20.8 Å². The topological polar surface area (TPSA) is 21.3 Å². The molecule has 0 aromatic heterocycles. The molecule has 1 aliphatic carbocycles. The molecule has 0 spiro atoms. The van der Waals surface area contributed by atoms with Crippen molar-refractivity contribution in [1.29, 1.82) is 0 Å². The average molecular weight is 261 g/mol. The van der Waals surface area contributed by atoms with Crippen LogP contribution in [-0.2, 0) is 0 Å². The molecule has 2 nitrogen and oxygen atoms in total. The second-order valence-electron chi connectivity index (χ2n) is 5.98. The molecule has 106 valence electrons. The Hall–Kier alpha value is -1.18. The number of benzene rings is 1. The van der Waals surface area contributed by atoms with E-state index in [9.17, 15) is 0 Å². The van der Waals surface area contributed by atoms with Gasteiger partial charge in [0, 0.05) is 11.7 Å². The summed E-state index contributed by atoms with van der Waals surface area (Å²) in [6.45, 7) is 7.67. The Kier molecular flexibility index (Phi) is 5.12. The van der Waals surface area contributed by atoms with E-state index in [1.165, 1.54) is 24.9 Å². The Bertz CT molecular complexity index is 373. The van der Waals surface area contributed by atoms with Gasteiger partial charge in [-0.25, -0.2) is 0 Å². The van der Waals surface area contributed by atoms with Gasteiger partial charge in [-0.3, -0.25) is 0 Å². The highest BCUT2D eigenvalue weighted by Crippen LogP contribution is 2.31. The lowest BCUT2D eigenvalue weighted by molar-refractivity contribution is 0.261. The van der Waals surface area contributed by atoms with Crippen LogP contribution in [0.3, 0.4) is 0 Å². The summed E-state index contributed by atoms with van der Waals surface area (Å²) in [5.74, 6) is 2.68. The molecule has 1 aliphatic rings. The van der Waals surface area contributed by atoms with Crippen molar-refractivity contribution in [1.82, 2.24) is 0 Å². The van der Waals surface area contributed by atoms with Crippen molar-refractivity contribution in [2.45, 2.75) is 52.5 Å². The van der Waals surface area contributed by atoms with Gasteiger partial charge in [-0.05, 0) is 61.8 Å². The van der Waals surface area contributed by atoms with Crippen LogP contribution in [-0.4, -0.2) is 12.6 Å². The third-order valence-corrected chi connectivity index (χ3v) is 4.30. The van der Waals surface area contributed by atoms with Gasteiger partial charge in [-0.15, -0.1) is 0 Å². The van der Waals surface area contributed by atoms with E-state index in [0.717, 1.165) is 30.6 Å². The van der Waals surface area contributed by atoms with Gasteiger partial charge in [-0.2, -0.15) is 0 Å². The molecule has 1 N–H and O–H groups in total. The predicted molar refractivity (Wildman–Crippen MR) is 81.8 cm³/mol. The lowest BCUT2D eigenvalue weighted by Crippen LogP contribution is -2.30. The first-order valence-electron chi connectivity index (χ1n) is 7.68. The van der Waals surface area contributed by atoms with E-state index in [0.29, 0.717) is 6.04 Å². The van der Waals surface area contributed by atoms with Crippen LogP contribution in [0.2, 0.25) is 0 Å². The summed E-state index contributed by atoms with van der Waals surface area (Å²) in [5, 5.41) is 3.66. The molecule has 2 rings (SSSR count). The lowest BCUT2D eigenvalue weighted by Gasteiger charge is -2.33. The Balaban J connectivity index is 1.85. The predicted octanol–water partition coefficient (Wildman–Crippen LogP) is 4.71. The highest BCUT2D eigenvalue weighted by Gasteiger charge is 2.24. The summed E-state index contributed by atoms with van der Waals surface area (Å²) in [5.41, 5.74) is 1.22. The zero-order valence-corrected chi connectivity index (χ0v) is 12.5. The molecule has 0 radical (unpaired) electrons. The van der Waals surface area contributed by atoms with Gasteiger partial charge in [0.15, 0.2) is 0 Å². The van der Waals surface area contributed by atoms with Crippen LogP contribution in [0.5, 0.6) is 5.75 Å². The number of hydrogen-bond acceptors (Lipinski definition) is 2. The first kappa shape index (κ1) is 14.2. The van der Waals surface area contributed by atoms with E-state index < -0.39 is 0 Å². The normalized spacial score (nSPS) is 27.0. The molecule has 0 aliphatic heterocycles. The fraction of sp³-hybridized carbons (Fsp3) is 0.647. The minimum Gasteiger partial charge on any atom is -0.494 e. The largest absolute Gasteiger partial charge is 0.494 e. The van der Waals surface area contributed by atoms with Crippen LogP contribution < -0.4 is 10.1 Å². The van der Waals surface area contributed by atoms with Gasteiger partial charge in [0.1, 0.15) is 5.75 Å². The van der Waals surface area contributed by atoms with Crippen molar-refractivity contribution in [2.75, 3.05) is 11.9 Å². The molecule has 19 heavy (non-hydrogen) atoms. The Morgan fingerprint density at radius 1 is 1.11 bits per heavy atom. The maximum absolute atomic E-state index is 5.60. The minimum atomic E-state index is 0.633. The van der Waals surface area contributed by atoms with Crippen molar-refractivity contribution >= 4 is 5.69 Å². The fourth-order valence-electron chi connectivity index (χ4n) is 2.78. The first-order valence-corrected chi connectivity index (χ1v) is 7.68. The van der Waals surface area contributed by atoms with Crippen LogP contribution in [0, 0.1) is 11.8 Å². The van der Waals surface area contributed by atoms with Gasteiger partial charge < -0.3 is 10.1 Å². The van der Waals surface area contributed by atoms with Crippen LogP contribution in [0.4, 0.5) is 5.69 Å². The second-order valence-corrected chi connectivity index (χ2v) is 5.98. The van der Waals surface area contributed by atoms with Gasteiger partial charge in [0.05, 0.1) is 6.61 Å². The molecule has 0 heterocycles. The highest BCUT2D eigenvalue weighted by molar-refractivity contribution is 5.47. The molecule has 1 aromatic carbocycles. The van der Waals surface area contributed by atoms with Gasteiger partial charge in [0.25, 0.3) is 0 Å². The third-order valence-electron chi connectivity index (χ3n) is 4.30. The van der Waals surface area contributed by atoms with Crippen LogP contribution in [0.15, 0.2) is 24.3 Å². The van der Waals surface area contributed by atoms with Crippen molar-refractivity contribution < 1.29 is 4.74 Å². The van der Waals surface area contributed by atoms with E-state index in [2.05, 4.69) is 50.4 Å². The Labute approximate surface area is 117 Å². The van der Waals surface area contributed by atoms with Crippen molar-refractivity contribution in [3.05, 3.63) is 24.3 Å². The zero-order chi connectivity index (χ0) is 13.7. The number of nitrogens with one attached hydrogen (secondary N) is 1. The van der Waals surface area contributed by atoms with E-state index in [1.807, 2.05) is 0 Å². The maximum Gasteiger partial charge on any atom is 0.119 e. The Morgan fingerprint density at radius 2 is 1.84 bits per heavy atom. The summed E-state index contributed by atoms with van der Waals surface area (Å²) < 4.78 is 5.60. The quantitative estimate of drug-likeness (QED) is 0.828. The zero-order valence-electron chi connectivity index (χ0n) is 12.5. The fourth-order valence-corrected chi connectivity index (χ4v) is 2.78. The SMILES string of the molecule is CCCOc1ccc(NC2CCC(C)C(C)C2)cc1. The molecular formula is C17H27NO. The Morgan fingerprint density at radius 3 is 2.47 bits per heavy atom. The summed E-state index contributed by atoms with van der Waals surface area (Å²) >= 11 is 0. The molecule has 2 heteroatoms. The van der Waals surface area contributed by atoms with Gasteiger partial charge in [0.2, 0.25) is 0 Å². The van der Waals surface area contributed by atoms with E-state index in [1.54, 1.807) is 0 Å². The molecular weight excluding hydrogens is 234 g/mol. The first-order chi connectivity index (χ1) is 9.19. The molecule has 0 saturated heterocycles. The van der Waals surface area contributed by atoms with Crippen LogP contribution in [0.25, 0.3) is 0 Å². The number of ether oxygens (including phenoxy) is 1. The summed E-state index contributed by atoms with van der Waals surface area (Å²) in [4.78, 5) is 0. The van der Waals surface area contributed by atoms with Crippen molar-refractivity contribution in [2.24, 2.45) is 11.8 Å². The molecule has 3 atom stereocenters. The summed E-state index contributed by atoms with van der Waals surface area (Å²) in [6.07, 6.45) is 4.98. The van der Waals surface area contributed by atoms with E-state index >= 15 is 0 Å².